The molecular formula is C13H14Cl2N2O2. The molecule has 0 saturated carbocycles. The van der Waals surface area contributed by atoms with E-state index in [0.717, 1.165) is 6.42 Å². The van der Waals surface area contributed by atoms with Crippen LogP contribution < -0.4 is 4.74 Å². The van der Waals surface area contributed by atoms with E-state index >= 15 is 0 Å². The summed E-state index contributed by atoms with van der Waals surface area (Å²) in [6.07, 6.45) is 0.783. The average molecular weight is 301 g/mol. The Labute approximate surface area is 121 Å². The van der Waals surface area contributed by atoms with Crippen molar-refractivity contribution in [1.29, 1.82) is 0 Å². The molecular weight excluding hydrogens is 287 g/mol. The molecule has 0 fully saturated rings. The fourth-order valence-electron chi connectivity index (χ4n) is 1.53. The molecule has 1 heterocycles. The van der Waals surface area contributed by atoms with Gasteiger partial charge in [-0.2, -0.15) is 4.98 Å². The molecule has 1 aromatic carbocycles. The molecule has 6 heteroatoms. The molecule has 0 N–H and O–H groups in total. The molecule has 0 radical (unpaired) electrons. The van der Waals surface area contributed by atoms with Crippen molar-refractivity contribution in [2.45, 2.75) is 26.9 Å². The number of ether oxygens (including phenoxy) is 1. The van der Waals surface area contributed by atoms with Crippen LogP contribution in [0.5, 0.6) is 5.75 Å². The zero-order chi connectivity index (χ0) is 13.8. The van der Waals surface area contributed by atoms with E-state index in [0.29, 0.717) is 33.4 Å². The molecule has 0 aliphatic carbocycles. The summed E-state index contributed by atoms with van der Waals surface area (Å²) in [5.74, 6) is 2.14. The van der Waals surface area contributed by atoms with Crippen LogP contribution in [0.1, 0.15) is 25.6 Å². The van der Waals surface area contributed by atoms with Crippen molar-refractivity contribution in [3.05, 3.63) is 40.0 Å². The molecule has 0 bridgehead atoms. The van der Waals surface area contributed by atoms with Gasteiger partial charge in [0.1, 0.15) is 5.75 Å². The summed E-state index contributed by atoms with van der Waals surface area (Å²) >= 11 is 11.8. The van der Waals surface area contributed by atoms with Crippen LogP contribution in [0.4, 0.5) is 0 Å². The molecule has 0 spiro atoms. The fraction of sp³-hybridized carbons (Fsp3) is 0.385. The molecule has 0 aliphatic rings. The molecule has 0 aliphatic heterocycles. The van der Waals surface area contributed by atoms with Crippen LogP contribution in [0.2, 0.25) is 10.0 Å². The van der Waals surface area contributed by atoms with Crippen LogP contribution in [0.25, 0.3) is 0 Å². The Hall–Kier alpha value is -1.26. The second-order valence-electron chi connectivity index (χ2n) is 4.57. The third kappa shape index (κ3) is 4.11. The molecule has 1 aromatic heterocycles. The van der Waals surface area contributed by atoms with E-state index in [2.05, 4.69) is 24.0 Å². The lowest BCUT2D eigenvalue weighted by atomic mass is 10.1. The van der Waals surface area contributed by atoms with Crippen molar-refractivity contribution in [2.24, 2.45) is 5.92 Å². The lowest BCUT2D eigenvalue weighted by molar-refractivity contribution is 0.242. The quantitative estimate of drug-likeness (QED) is 0.832. The maximum Gasteiger partial charge on any atom is 0.264 e. The van der Waals surface area contributed by atoms with Gasteiger partial charge in [-0.15, -0.1) is 0 Å². The maximum atomic E-state index is 5.99. The lowest BCUT2D eigenvalue weighted by Gasteiger charge is -2.05. The van der Waals surface area contributed by atoms with Crippen molar-refractivity contribution in [3.63, 3.8) is 0 Å². The Morgan fingerprint density at radius 3 is 2.79 bits per heavy atom. The van der Waals surface area contributed by atoms with Crippen LogP contribution in [0.3, 0.4) is 0 Å². The van der Waals surface area contributed by atoms with Gasteiger partial charge in [0, 0.05) is 11.4 Å². The smallest absolute Gasteiger partial charge is 0.264 e. The first-order valence-corrected chi connectivity index (χ1v) is 6.69. The van der Waals surface area contributed by atoms with Crippen LogP contribution in [-0.2, 0) is 13.0 Å². The summed E-state index contributed by atoms with van der Waals surface area (Å²) in [5, 5.41) is 4.90. The average Bonchev–Trinajstić information content (AvgIpc) is 2.74. The van der Waals surface area contributed by atoms with Gasteiger partial charge >= 0.3 is 0 Å². The number of hydrogen-bond acceptors (Lipinski definition) is 4. The first kappa shape index (κ1) is 14.2. The van der Waals surface area contributed by atoms with Crippen molar-refractivity contribution in [1.82, 2.24) is 10.1 Å². The summed E-state index contributed by atoms with van der Waals surface area (Å²) in [4.78, 5) is 4.24. The minimum absolute atomic E-state index is 0.187. The number of nitrogens with zero attached hydrogens (tertiary/aromatic N) is 2. The van der Waals surface area contributed by atoms with Crippen molar-refractivity contribution >= 4 is 23.2 Å². The summed E-state index contributed by atoms with van der Waals surface area (Å²) in [6.45, 7) is 4.38. The molecule has 19 heavy (non-hydrogen) atoms. The summed E-state index contributed by atoms with van der Waals surface area (Å²) in [5.41, 5.74) is 0. The second-order valence-corrected chi connectivity index (χ2v) is 5.41. The van der Waals surface area contributed by atoms with Gasteiger partial charge in [0.25, 0.3) is 5.89 Å². The van der Waals surface area contributed by atoms with E-state index in [1.165, 1.54) is 0 Å². The highest BCUT2D eigenvalue weighted by atomic mass is 35.5. The molecule has 2 aromatic rings. The minimum Gasteiger partial charge on any atom is -0.482 e. The van der Waals surface area contributed by atoms with Gasteiger partial charge in [-0.25, -0.2) is 0 Å². The van der Waals surface area contributed by atoms with Gasteiger partial charge in [-0.1, -0.05) is 42.2 Å². The monoisotopic (exact) mass is 300 g/mol. The number of aromatic nitrogens is 2. The van der Waals surface area contributed by atoms with E-state index in [4.69, 9.17) is 32.5 Å². The fourth-order valence-corrected chi connectivity index (χ4v) is 1.99. The van der Waals surface area contributed by atoms with E-state index in [9.17, 15) is 0 Å². The Morgan fingerprint density at radius 1 is 1.32 bits per heavy atom. The van der Waals surface area contributed by atoms with Gasteiger partial charge < -0.3 is 9.26 Å². The number of halogens is 2. The zero-order valence-corrected chi connectivity index (χ0v) is 12.2. The minimum atomic E-state index is 0.187. The van der Waals surface area contributed by atoms with Crippen molar-refractivity contribution in [2.75, 3.05) is 0 Å². The summed E-state index contributed by atoms with van der Waals surface area (Å²) < 4.78 is 10.6. The van der Waals surface area contributed by atoms with Crippen LogP contribution >= 0.6 is 23.2 Å². The third-order valence-electron chi connectivity index (χ3n) is 2.35. The van der Waals surface area contributed by atoms with Crippen LogP contribution in [0, 0.1) is 5.92 Å². The predicted octanol–water partition coefficient (Wildman–Crippen LogP) is 4.15. The summed E-state index contributed by atoms with van der Waals surface area (Å²) in [6, 6.07) is 5.04. The highest BCUT2D eigenvalue weighted by Crippen LogP contribution is 2.28. The molecule has 102 valence electrons. The van der Waals surface area contributed by atoms with E-state index in [1.807, 2.05) is 0 Å². The highest BCUT2D eigenvalue weighted by molar-refractivity contribution is 6.35. The van der Waals surface area contributed by atoms with Gasteiger partial charge in [-0.05, 0) is 24.1 Å². The number of hydrogen-bond donors (Lipinski definition) is 0. The topological polar surface area (TPSA) is 48.2 Å². The van der Waals surface area contributed by atoms with Crippen molar-refractivity contribution < 1.29 is 9.26 Å². The van der Waals surface area contributed by atoms with Gasteiger partial charge in [-0.3, -0.25) is 0 Å². The molecule has 0 amide bonds. The normalized spacial score (nSPS) is 11.0. The first-order valence-electron chi connectivity index (χ1n) is 5.94. The molecule has 4 nitrogen and oxygen atoms in total. The Morgan fingerprint density at radius 2 is 2.11 bits per heavy atom. The zero-order valence-electron chi connectivity index (χ0n) is 10.7. The Bertz CT molecular complexity index is 555. The van der Waals surface area contributed by atoms with E-state index < -0.39 is 0 Å². The van der Waals surface area contributed by atoms with Crippen LogP contribution in [0.15, 0.2) is 22.7 Å². The molecule has 2 rings (SSSR count). The van der Waals surface area contributed by atoms with Gasteiger partial charge in [0.15, 0.2) is 12.4 Å². The predicted molar refractivity (Wildman–Crippen MR) is 73.6 cm³/mol. The molecule has 0 unspecified atom stereocenters. The van der Waals surface area contributed by atoms with E-state index in [1.54, 1.807) is 18.2 Å². The van der Waals surface area contributed by atoms with Crippen LogP contribution in [-0.4, -0.2) is 10.1 Å². The van der Waals surface area contributed by atoms with E-state index in [-0.39, 0.29) is 6.61 Å². The highest BCUT2D eigenvalue weighted by Gasteiger charge is 2.10. The SMILES string of the molecule is CC(C)Cc1noc(COc2ccc(Cl)cc2Cl)n1. The summed E-state index contributed by atoms with van der Waals surface area (Å²) in [7, 11) is 0. The first-order chi connectivity index (χ1) is 9.04. The lowest BCUT2D eigenvalue weighted by Crippen LogP contribution is -1.98. The third-order valence-corrected chi connectivity index (χ3v) is 2.88. The molecule has 0 saturated heterocycles. The molecule has 0 atom stereocenters. The largest absolute Gasteiger partial charge is 0.482 e. The van der Waals surface area contributed by atoms with Gasteiger partial charge in [0.05, 0.1) is 5.02 Å². The second kappa shape index (κ2) is 6.26. The Balaban J connectivity index is 1.96. The van der Waals surface area contributed by atoms with Gasteiger partial charge in [0.2, 0.25) is 0 Å². The number of rotatable bonds is 5. The van der Waals surface area contributed by atoms with Crippen molar-refractivity contribution in [3.8, 4) is 5.75 Å². The standard InChI is InChI=1S/C13H14Cl2N2O2/c1-8(2)5-12-16-13(19-17-12)7-18-11-4-3-9(14)6-10(11)15/h3-4,6,8H,5,7H2,1-2H3. The maximum absolute atomic E-state index is 5.99. The Kier molecular flexibility index (Phi) is 4.66. The number of benzene rings is 1.